The van der Waals surface area contributed by atoms with Gasteiger partial charge in [-0.25, -0.2) is 0 Å². The average molecular weight is 226 g/mol. The molecular formula is S5Zn. The molecule has 0 aromatic carbocycles. The quantitative estimate of drug-likeness (QED) is 0.579. The first-order valence-electron chi connectivity index (χ1n) is 1.44. The van der Waals surface area contributed by atoms with Crippen molar-refractivity contribution in [2.45, 2.75) is 0 Å². The van der Waals surface area contributed by atoms with Crippen LogP contribution in [0, 0.1) is 0 Å². The maximum absolute atomic E-state index is 4.51. The molecule has 0 fully saturated rings. The Morgan fingerprint density at radius 3 is 0.667 bits per heavy atom. The van der Waals surface area contributed by atoms with Crippen molar-refractivity contribution in [3.05, 3.63) is 0 Å². The summed E-state index contributed by atoms with van der Waals surface area (Å²) >= 11 is 0. The van der Waals surface area contributed by atoms with E-state index in [0.29, 0.717) is 0 Å². The molecule has 0 rings (SSSR count). The SMILES string of the molecule is [S]=[Zn](=[S])(=[S])(=[S])=[S]. The van der Waals surface area contributed by atoms with E-state index in [-0.39, 0.29) is 0 Å². The van der Waals surface area contributed by atoms with E-state index in [9.17, 15) is 0 Å². The summed E-state index contributed by atoms with van der Waals surface area (Å²) in [6.07, 6.45) is 0. The summed E-state index contributed by atoms with van der Waals surface area (Å²) in [4.78, 5) is -3.91. The summed E-state index contributed by atoms with van der Waals surface area (Å²) in [6.45, 7) is 0. The van der Waals surface area contributed by atoms with Crippen molar-refractivity contribution < 1.29 is 4.87 Å². The molecule has 0 aliphatic carbocycles. The molecule has 0 saturated carbocycles. The molecule has 0 aliphatic heterocycles. The van der Waals surface area contributed by atoms with Gasteiger partial charge in [-0.2, -0.15) is 0 Å². The van der Waals surface area contributed by atoms with Gasteiger partial charge in [0.1, 0.15) is 0 Å². The summed E-state index contributed by atoms with van der Waals surface area (Å²) in [5.74, 6) is 0. The minimum absolute atomic E-state index is 3.91. The first kappa shape index (κ1) is 7.72. The first-order valence-corrected chi connectivity index (χ1v) is 22.5. The second-order valence-electron chi connectivity index (χ2n) is 1.18. The summed E-state index contributed by atoms with van der Waals surface area (Å²) in [5, 5.41) is 0. The van der Waals surface area contributed by atoms with Crippen LogP contribution in [-0.4, -0.2) is 0 Å². The van der Waals surface area contributed by atoms with Crippen LogP contribution in [0.25, 0.3) is 0 Å². The third-order valence-corrected chi connectivity index (χ3v) is 0. The molecule has 0 bridgehead atoms. The zero-order valence-electron chi connectivity index (χ0n) is 2.75. The molecule has 0 saturated heterocycles. The normalized spacial score (nSPS) is 18.3. The summed E-state index contributed by atoms with van der Waals surface area (Å²) in [5.41, 5.74) is 0. The van der Waals surface area contributed by atoms with Gasteiger partial charge in [0.15, 0.2) is 0 Å². The van der Waals surface area contributed by atoms with E-state index in [1.165, 1.54) is 0 Å². The molecule has 0 aromatic heterocycles. The molecule has 0 radical (unpaired) electrons. The van der Waals surface area contributed by atoms with Crippen molar-refractivity contribution in [2.24, 2.45) is 0 Å². The molecule has 0 aliphatic rings. The van der Waals surface area contributed by atoms with Gasteiger partial charge >= 0.3 is 55.4 Å². The van der Waals surface area contributed by atoms with Crippen LogP contribution in [0.1, 0.15) is 0 Å². The fraction of sp³-hybridized carbons (Fsp3) is 0. The van der Waals surface area contributed by atoms with Gasteiger partial charge in [-0.15, -0.1) is 0 Å². The van der Waals surface area contributed by atoms with Crippen LogP contribution >= 0.6 is 50.6 Å². The van der Waals surface area contributed by atoms with Crippen LogP contribution in [0.2, 0.25) is 0 Å². The molecule has 0 heterocycles. The van der Waals surface area contributed by atoms with Gasteiger partial charge in [0.25, 0.3) is 0 Å². The minimum atomic E-state index is -3.91. The third-order valence-electron chi connectivity index (χ3n) is 0. The van der Waals surface area contributed by atoms with Crippen molar-refractivity contribution in [1.82, 2.24) is 0 Å². The second kappa shape index (κ2) is 1.60. The second-order valence-corrected chi connectivity index (χ2v) is 55.1. The van der Waals surface area contributed by atoms with E-state index in [4.69, 9.17) is 0 Å². The monoisotopic (exact) mass is 224 g/mol. The summed E-state index contributed by atoms with van der Waals surface area (Å²) in [6, 6.07) is 0. The van der Waals surface area contributed by atoms with Crippen molar-refractivity contribution in [3.8, 4) is 0 Å². The van der Waals surface area contributed by atoms with E-state index in [1.54, 1.807) is 0 Å². The van der Waals surface area contributed by atoms with E-state index in [1.807, 2.05) is 0 Å². The Balaban J connectivity index is 7.45. The molecule has 0 nitrogen and oxygen atoms in total. The molecular weight excluding hydrogens is 226 g/mol. The predicted octanol–water partition coefficient (Wildman–Crippen LogP) is 3.24. The Morgan fingerprint density at radius 1 is 0.667 bits per heavy atom. The molecule has 0 amide bonds. The fourth-order valence-corrected chi connectivity index (χ4v) is 0. The van der Waals surface area contributed by atoms with Gasteiger partial charge in [-0.1, -0.05) is 0 Å². The van der Waals surface area contributed by atoms with Crippen LogP contribution in [0.4, 0.5) is 0 Å². The molecule has 32 valence electrons. The first-order chi connectivity index (χ1) is 2.24. The van der Waals surface area contributed by atoms with Crippen molar-refractivity contribution in [1.29, 1.82) is 0 Å². The standard InChI is InChI=1S/5S.Zn. The molecule has 0 N–H and O–H groups in total. The van der Waals surface area contributed by atoms with E-state index in [0.717, 1.165) is 0 Å². The van der Waals surface area contributed by atoms with Crippen LogP contribution in [-0.2, 0) is 4.87 Å². The Morgan fingerprint density at radius 2 is 0.667 bits per heavy atom. The Bertz CT molecular complexity index is 274. The maximum atomic E-state index is 4.51. The van der Waals surface area contributed by atoms with Gasteiger partial charge < -0.3 is 0 Å². The number of hydrogen-bond acceptors (Lipinski definition) is 5. The molecule has 6 heteroatoms. The predicted molar refractivity (Wildman–Crippen MR) is 38.0 cm³/mol. The summed E-state index contributed by atoms with van der Waals surface area (Å²) in [7, 11) is 22.5. The van der Waals surface area contributed by atoms with Gasteiger partial charge in [-0.05, 0) is 0 Å². The molecule has 0 unspecified atom stereocenters. The van der Waals surface area contributed by atoms with Gasteiger partial charge in [0, 0.05) is 0 Å². The molecule has 6 heavy (non-hydrogen) atoms. The van der Waals surface area contributed by atoms with Crippen LogP contribution in [0.3, 0.4) is 0 Å². The zero-order valence-corrected chi connectivity index (χ0v) is 9.80. The number of rotatable bonds is 0. The van der Waals surface area contributed by atoms with Gasteiger partial charge in [-0.3, -0.25) is 0 Å². The molecule has 0 spiro atoms. The summed E-state index contributed by atoms with van der Waals surface area (Å²) < 4.78 is 0. The van der Waals surface area contributed by atoms with Crippen molar-refractivity contribution in [2.75, 3.05) is 0 Å². The molecule has 0 aromatic rings. The van der Waals surface area contributed by atoms with Crippen molar-refractivity contribution in [3.63, 3.8) is 0 Å². The third kappa shape index (κ3) is 43.0. The zero-order chi connectivity index (χ0) is 5.45. The van der Waals surface area contributed by atoms with Crippen LogP contribution in [0.5, 0.6) is 0 Å². The van der Waals surface area contributed by atoms with Crippen molar-refractivity contribution >= 4 is 50.6 Å². The Labute approximate surface area is 54.7 Å². The van der Waals surface area contributed by atoms with Crippen LogP contribution in [0.15, 0.2) is 0 Å². The van der Waals surface area contributed by atoms with E-state index in [2.05, 4.69) is 50.6 Å². The topological polar surface area (TPSA) is 0 Å². The van der Waals surface area contributed by atoms with Crippen LogP contribution < -0.4 is 0 Å². The fourth-order valence-electron chi connectivity index (χ4n) is 0. The Hall–Kier alpha value is 1.72. The number of hydrogen-bond donors (Lipinski definition) is 0. The van der Waals surface area contributed by atoms with E-state index >= 15 is 0 Å². The van der Waals surface area contributed by atoms with E-state index < -0.39 is 4.87 Å². The van der Waals surface area contributed by atoms with Gasteiger partial charge in [0.2, 0.25) is 0 Å². The van der Waals surface area contributed by atoms with Gasteiger partial charge in [0.05, 0.1) is 0 Å². The Kier molecular flexibility index (Phi) is 2.06. The average Bonchev–Trinajstić information content (AvgIpc) is 0.650. The molecule has 0 atom stereocenters.